The second-order valence-corrected chi connectivity index (χ2v) is 30.9. The number of methoxy groups -OCH3 is 2. The highest BCUT2D eigenvalue weighted by Gasteiger charge is 2.27. The van der Waals surface area contributed by atoms with Gasteiger partial charge in [0.2, 0.25) is 29.5 Å². The third kappa shape index (κ3) is 24.4. The van der Waals surface area contributed by atoms with Gasteiger partial charge in [-0.3, -0.25) is 24.0 Å². The number of anilines is 5. The fourth-order valence-electron chi connectivity index (χ4n) is 13.6. The van der Waals surface area contributed by atoms with E-state index in [1.165, 1.54) is 137 Å². The summed E-state index contributed by atoms with van der Waals surface area (Å²) in [5.41, 5.74) is 4.47. The van der Waals surface area contributed by atoms with E-state index < -0.39 is 58.6 Å². The number of furan rings is 5. The Morgan fingerprint density at radius 1 is 0.269 bits per heavy atom. The van der Waals surface area contributed by atoms with E-state index in [1.807, 2.05) is 33.8 Å². The Kier molecular flexibility index (Phi) is 31.7. The number of nitrogens with zero attached hydrogens (tertiary/aromatic N) is 10. The van der Waals surface area contributed by atoms with Crippen LogP contribution in [0.5, 0.6) is 28.7 Å². The van der Waals surface area contributed by atoms with Crippen molar-refractivity contribution in [2.45, 2.75) is 27.7 Å². The molecule has 145 heavy (non-hydrogen) atoms. The fourth-order valence-corrected chi connectivity index (χ4v) is 13.9. The first-order chi connectivity index (χ1) is 70.5. The van der Waals surface area contributed by atoms with Gasteiger partial charge in [0.15, 0.2) is 28.8 Å². The number of ether oxygens (including phenoxy) is 5. The van der Waals surface area contributed by atoms with Crippen LogP contribution >= 0.6 is 15.9 Å². The highest BCUT2D eigenvalue weighted by atomic mass is 79.9. The zero-order valence-electron chi connectivity index (χ0n) is 76.7. The largest absolute Gasteiger partial charge is 0.496 e. The molecule has 10 aromatic carbocycles. The summed E-state index contributed by atoms with van der Waals surface area (Å²) in [6.45, 7) is 8.52. The Labute approximate surface area is 825 Å². The minimum absolute atomic E-state index is 0.0171. The van der Waals surface area contributed by atoms with E-state index in [9.17, 15) is 45.9 Å². The Balaban J connectivity index is 0.000000130. The van der Waals surface area contributed by atoms with E-state index in [0.29, 0.717) is 132 Å². The Hall–Kier alpha value is -19.2. The van der Waals surface area contributed by atoms with Gasteiger partial charge in [-0.2, -0.15) is 0 Å². The maximum Gasteiger partial charge on any atom is 0.283 e. The highest BCUT2D eigenvalue weighted by Crippen LogP contribution is 2.38. The molecule has 5 amide bonds. The van der Waals surface area contributed by atoms with Gasteiger partial charge in [0.1, 0.15) is 57.8 Å². The van der Waals surface area contributed by atoms with E-state index in [2.05, 4.69) is 93.5 Å². The van der Waals surface area contributed by atoms with E-state index in [-0.39, 0.29) is 92.9 Å². The molecule has 10 aromatic heterocycles. The highest BCUT2D eigenvalue weighted by molar-refractivity contribution is 9.10. The molecule has 5 N–H and O–H groups in total. The Morgan fingerprint density at radius 2 is 0.503 bits per heavy atom. The maximum absolute atomic E-state index is 14.3. The number of benzene rings is 10. The molecule has 20 aromatic rings. The molecular weight excluding hydrogens is 1950 g/mol. The minimum Gasteiger partial charge on any atom is -0.496 e. The molecule has 0 saturated carbocycles. The van der Waals surface area contributed by atoms with Crippen LogP contribution in [0.25, 0.3) is 116 Å². The first-order valence-corrected chi connectivity index (χ1v) is 44.4. The van der Waals surface area contributed by atoms with Crippen molar-refractivity contribution in [1.82, 2.24) is 51.0 Å². The van der Waals surface area contributed by atoms with Crippen LogP contribution in [-0.4, -0.2) is 115 Å². The summed E-state index contributed by atoms with van der Waals surface area (Å²) >= 11 is 3.31. The van der Waals surface area contributed by atoms with Gasteiger partial charge in [0.25, 0.3) is 59.0 Å². The molecule has 10 heterocycles. The average molecular weight is 2030 g/mol. The molecule has 41 heteroatoms. The van der Waals surface area contributed by atoms with Crippen molar-refractivity contribution in [3.8, 4) is 144 Å². The number of carbonyl (C=O) groups excluding carboxylic acids is 5. The van der Waals surface area contributed by atoms with Gasteiger partial charge in [-0.1, -0.05) is 64.0 Å². The van der Waals surface area contributed by atoms with Gasteiger partial charge < -0.3 is 94.4 Å². The topological polar surface area (TPSA) is 452 Å². The lowest BCUT2D eigenvalue weighted by molar-refractivity contribution is 0.101. The molecule has 0 atom stereocenters. The second kappa shape index (κ2) is 46.5. The van der Waals surface area contributed by atoms with Crippen molar-refractivity contribution in [3.63, 3.8) is 0 Å². The van der Waals surface area contributed by atoms with E-state index in [0.717, 1.165) is 5.56 Å². The molecule has 0 aliphatic heterocycles. The van der Waals surface area contributed by atoms with E-state index in [4.69, 9.17) is 67.9 Å². The summed E-state index contributed by atoms with van der Waals surface area (Å²) in [5, 5.41) is 52.2. The zero-order valence-corrected chi connectivity index (χ0v) is 78.3. The van der Waals surface area contributed by atoms with Gasteiger partial charge in [-0.05, 0) is 246 Å². The molecule has 0 fully saturated rings. The minimum atomic E-state index is -0.609. The number of carbonyl (C=O) groups is 5. The summed E-state index contributed by atoms with van der Waals surface area (Å²) in [6.07, 6.45) is 7.45. The third-order valence-electron chi connectivity index (χ3n) is 20.4. The quantitative estimate of drug-likeness (QED) is 0.0284. The van der Waals surface area contributed by atoms with Gasteiger partial charge in [-0.15, -0.1) is 51.0 Å². The normalized spacial score (nSPS) is 10.7. The van der Waals surface area contributed by atoms with Crippen LogP contribution in [0.1, 0.15) is 78.1 Å². The molecule has 0 aliphatic rings. The van der Waals surface area contributed by atoms with Crippen molar-refractivity contribution in [3.05, 3.63) is 359 Å². The fraction of sp³-hybridized carbons (Fsp3) is 0.0865. The maximum atomic E-state index is 14.3. The third-order valence-corrected chi connectivity index (χ3v) is 20.9. The van der Waals surface area contributed by atoms with Crippen LogP contribution in [0.15, 0.2) is 341 Å². The molecule has 0 radical (unpaired) electrons. The van der Waals surface area contributed by atoms with Gasteiger partial charge in [0, 0.05) is 32.3 Å². The number of aryl methyl sites for hydroxylation is 1. The monoisotopic (exact) mass is 2030 g/mol. The summed E-state index contributed by atoms with van der Waals surface area (Å²) < 4.78 is 153. The Morgan fingerprint density at radius 3 is 0.745 bits per heavy atom. The van der Waals surface area contributed by atoms with Crippen LogP contribution in [-0.2, 0) is 0 Å². The summed E-state index contributed by atoms with van der Waals surface area (Å²) in [4.78, 5) is 63.3. The van der Waals surface area contributed by atoms with Crippen molar-refractivity contribution in [1.29, 1.82) is 0 Å². The van der Waals surface area contributed by atoms with Crippen molar-refractivity contribution >= 4 is 73.9 Å². The van der Waals surface area contributed by atoms with E-state index >= 15 is 0 Å². The van der Waals surface area contributed by atoms with Gasteiger partial charge >= 0.3 is 0 Å². The smallest absolute Gasteiger partial charge is 0.283 e. The predicted octanol–water partition coefficient (Wildman–Crippen LogP) is 24.2. The number of halogens is 6. The first-order valence-electron chi connectivity index (χ1n) is 43.6. The molecule has 35 nitrogen and oxygen atoms in total. The van der Waals surface area contributed by atoms with Crippen molar-refractivity contribution in [2.24, 2.45) is 0 Å². The lowest BCUT2D eigenvalue weighted by Gasteiger charge is -2.11. The molecule has 0 spiro atoms. The summed E-state index contributed by atoms with van der Waals surface area (Å²) in [7, 11) is 2.92. The predicted molar refractivity (Wildman–Crippen MR) is 518 cm³/mol. The molecular formula is C104H77BrF5N15O20. The molecule has 0 bridgehead atoms. The molecule has 0 unspecified atom stereocenters. The standard InChI is InChI=1S/4C21H16FN3O4.C20H13BrFN3O4/c1-12-5-8-17(27-2)14(10-12)19(26)23-16-11-13(6-7-15(16)22)20-24-25-21(29-20)18-4-3-9-28-18;3*1-2-27-17-7-4-3-6-14(17)19(26)23-16-12-13(9-10-15(16)22)20-24-25-21(29-20)18-8-5-11-28-18;1-27-16-7-5-12(21)10-13(16)18(26)23-15-9-11(4-6-14(15)22)19-24-25-20(29-19)17-3-2-8-28-17/h3-11H,1-2H3,(H,23,26);3*3-12H,2H2,1H3,(H,23,26);2-10H,1H3,(H,23,26). The number of para-hydroxylation sites is 3. The number of rotatable bonds is 28. The first kappa shape index (κ1) is 98.8. The van der Waals surface area contributed by atoms with Crippen LogP contribution in [0.4, 0.5) is 50.4 Å². The molecule has 0 aliphatic carbocycles. The van der Waals surface area contributed by atoms with Crippen LogP contribution < -0.4 is 50.3 Å². The second-order valence-electron chi connectivity index (χ2n) is 30.0. The van der Waals surface area contributed by atoms with E-state index in [1.54, 1.807) is 164 Å². The lowest BCUT2D eigenvalue weighted by atomic mass is 10.1. The van der Waals surface area contributed by atoms with Crippen LogP contribution in [0.2, 0.25) is 0 Å². The molecule has 0 saturated heterocycles. The number of hydrogen-bond acceptors (Lipinski definition) is 30. The number of amides is 5. The SMILES string of the molecule is CCOc1ccccc1C(=O)Nc1cc(-c2nnc(-c3ccco3)o2)ccc1F.CCOc1ccccc1C(=O)Nc1cc(-c2nnc(-c3ccco3)o2)ccc1F.CCOc1ccccc1C(=O)Nc1cc(-c2nnc(-c3ccco3)o2)ccc1F.COc1ccc(Br)cc1C(=O)Nc1cc(-c2nnc(-c3ccco3)o2)ccc1F.COc1ccc(C)cc1C(=O)Nc1cc(-c2nnc(-c3ccco3)o2)ccc1F. The lowest BCUT2D eigenvalue weighted by Crippen LogP contribution is -2.14. The number of aromatic nitrogens is 10. The van der Waals surface area contributed by atoms with Crippen molar-refractivity contribution < 1.29 is 114 Å². The zero-order chi connectivity index (χ0) is 101. The molecule has 20 rings (SSSR count). The molecule has 730 valence electrons. The number of hydrogen-bond donors (Lipinski definition) is 5. The summed E-state index contributed by atoms with van der Waals surface area (Å²) in [5.74, 6) is 0.449. The average Bonchev–Trinajstić information content (AvgIpc) is 1.79. The number of nitrogens with one attached hydrogen (secondary N) is 5. The van der Waals surface area contributed by atoms with Crippen molar-refractivity contribution in [2.75, 3.05) is 60.6 Å². The van der Waals surface area contributed by atoms with Gasteiger partial charge in [0.05, 0.1) is 122 Å². The Bertz CT molecular complexity index is 7270. The van der Waals surface area contributed by atoms with Crippen LogP contribution in [0.3, 0.4) is 0 Å². The van der Waals surface area contributed by atoms with Crippen LogP contribution in [0, 0.1) is 36.0 Å². The summed E-state index contributed by atoms with van der Waals surface area (Å²) in [6, 6.07) is 67.9. The van der Waals surface area contributed by atoms with Gasteiger partial charge in [-0.25, -0.2) is 22.0 Å².